The molecule has 0 aromatic rings. The first-order chi connectivity index (χ1) is 37.5. The van der Waals surface area contributed by atoms with Crippen molar-refractivity contribution in [2.75, 3.05) is 13.2 Å². The highest BCUT2D eigenvalue weighted by molar-refractivity contribution is 5.71. The Morgan fingerprint density at radius 1 is 0.276 bits per heavy atom. The SMILES string of the molecule is CC/C=C\C/C=C\C/C=C\C/C=C\CCCCCCC(=O)OC(COC(=O)CCCCCCCCCCCCCC)COC(=O)CCCCCCCCCCCCCCCCCCC/C=C\CCCCCCCCCC. The fourth-order valence-electron chi connectivity index (χ4n) is 9.79. The van der Waals surface area contributed by atoms with Crippen LogP contribution in [0.15, 0.2) is 60.8 Å². The molecule has 6 heteroatoms. The molecule has 442 valence electrons. The minimum atomic E-state index is -0.785. The van der Waals surface area contributed by atoms with Crippen LogP contribution in [0.1, 0.15) is 348 Å². The summed E-state index contributed by atoms with van der Waals surface area (Å²) in [6, 6.07) is 0. The number of hydrogen-bond acceptors (Lipinski definition) is 6. The molecule has 0 spiro atoms. The summed E-state index contributed by atoms with van der Waals surface area (Å²) >= 11 is 0. The number of carbonyl (C=O) groups excluding carboxylic acids is 3. The van der Waals surface area contributed by atoms with E-state index in [-0.39, 0.29) is 31.1 Å². The second kappa shape index (κ2) is 64.6. The molecule has 1 unspecified atom stereocenters. The molecule has 0 aromatic heterocycles. The summed E-state index contributed by atoms with van der Waals surface area (Å²) < 4.78 is 16.9. The summed E-state index contributed by atoms with van der Waals surface area (Å²) in [5, 5.41) is 0. The zero-order chi connectivity index (χ0) is 55.0. The summed E-state index contributed by atoms with van der Waals surface area (Å²) in [5.74, 6) is -0.886. The third-order valence-electron chi connectivity index (χ3n) is 14.8. The first kappa shape index (κ1) is 73.1. The number of hydrogen-bond donors (Lipinski definition) is 0. The molecule has 0 fully saturated rings. The molecule has 0 heterocycles. The lowest BCUT2D eigenvalue weighted by molar-refractivity contribution is -0.167. The molecule has 0 bridgehead atoms. The lowest BCUT2D eigenvalue weighted by atomic mass is 10.0. The predicted octanol–water partition coefficient (Wildman–Crippen LogP) is 22.7. The summed E-state index contributed by atoms with van der Waals surface area (Å²) in [6.45, 7) is 6.55. The Morgan fingerprint density at radius 2 is 0.513 bits per heavy atom. The zero-order valence-electron chi connectivity index (χ0n) is 50.8. The van der Waals surface area contributed by atoms with Crippen LogP contribution in [0, 0.1) is 0 Å². The lowest BCUT2D eigenvalue weighted by Crippen LogP contribution is -2.30. The highest BCUT2D eigenvalue weighted by Crippen LogP contribution is 2.17. The van der Waals surface area contributed by atoms with Gasteiger partial charge in [0.1, 0.15) is 13.2 Å². The van der Waals surface area contributed by atoms with Gasteiger partial charge in [-0.25, -0.2) is 0 Å². The van der Waals surface area contributed by atoms with Gasteiger partial charge in [0.05, 0.1) is 0 Å². The summed E-state index contributed by atoms with van der Waals surface area (Å²) in [4.78, 5) is 38.3. The number of esters is 3. The van der Waals surface area contributed by atoms with Gasteiger partial charge < -0.3 is 14.2 Å². The summed E-state index contributed by atoms with van der Waals surface area (Å²) in [6.07, 6.45) is 82.5. The predicted molar refractivity (Wildman–Crippen MR) is 330 cm³/mol. The summed E-state index contributed by atoms with van der Waals surface area (Å²) in [5.41, 5.74) is 0. The second-order valence-corrected chi connectivity index (χ2v) is 22.4. The Hall–Kier alpha value is -2.89. The molecule has 1 atom stereocenters. The monoisotopic (exact) mass is 1060 g/mol. The third kappa shape index (κ3) is 62.0. The number of ether oxygens (including phenoxy) is 3. The van der Waals surface area contributed by atoms with Gasteiger partial charge >= 0.3 is 17.9 Å². The van der Waals surface area contributed by atoms with E-state index in [1.54, 1.807) is 0 Å². The molecule has 0 amide bonds. The first-order valence-corrected chi connectivity index (χ1v) is 33.3. The molecular weight excluding hydrogens is 937 g/mol. The van der Waals surface area contributed by atoms with Gasteiger partial charge in [0.2, 0.25) is 0 Å². The first-order valence-electron chi connectivity index (χ1n) is 33.3. The van der Waals surface area contributed by atoms with Gasteiger partial charge in [-0.15, -0.1) is 0 Å². The molecule has 0 N–H and O–H groups in total. The number of allylic oxidation sites excluding steroid dienone is 10. The van der Waals surface area contributed by atoms with Crippen LogP contribution in [0.25, 0.3) is 0 Å². The molecule has 0 aromatic carbocycles. The van der Waals surface area contributed by atoms with Crippen molar-refractivity contribution in [1.82, 2.24) is 0 Å². The summed E-state index contributed by atoms with van der Waals surface area (Å²) in [7, 11) is 0. The van der Waals surface area contributed by atoms with Crippen LogP contribution in [0.3, 0.4) is 0 Å². The van der Waals surface area contributed by atoms with Crippen LogP contribution >= 0.6 is 0 Å². The van der Waals surface area contributed by atoms with Crippen molar-refractivity contribution in [3.63, 3.8) is 0 Å². The van der Waals surface area contributed by atoms with Gasteiger partial charge in [0, 0.05) is 19.3 Å². The molecule has 0 aliphatic rings. The van der Waals surface area contributed by atoms with E-state index >= 15 is 0 Å². The number of rotatable bonds is 61. The third-order valence-corrected chi connectivity index (χ3v) is 14.8. The van der Waals surface area contributed by atoms with E-state index in [4.69, 9.17) is 14.2 Å². The van der Waals surface area contributed by atoms with Gasteiger partial charge in [0.25, 0.3) is 0 Å². The minimum Gasteiger partial charge on any atom is -0.462 e. The molecular formula is C70H126O6. The molecule has 0 saturated carbocycles. The van der Waals surface area contributed by atoms with Crippen LogP contribution in [0.5, 0.6) is 0 Å². The Balaban J connectivity index is 4.19. The van der Waals surface area contributed by atoms with Crippen molar-refractivity contribution in [1.29, 1.82) is 0 Å². The maximum absolute atomic E-state index is 12.9. The van der Waals surface area contributed by atoms with Gasteiger partial charge in [-0.2, -0.15) is 0 Å². The maximum atomic E-state index is 12.9. The van der Waals surface area contributed by atoms with Gasteiger partial charge in [-0.1, -0.05) is 306 Å². The maximum Gasteiger partial charge on any atom is 0.306 e. The quantitative estimate of drug-likeness (QED) is 0.0261. The molecule has 0 aliphatic heterocycles. The van der Waals surface area contributed by atoms with Crippen molar-refractivity contribution in [3.8, 4) is 0 Å². The van der Waals surface area contributed by atoms with E-state index in [9.17, 15) is 14.4 Å². The lowest BCUT2D eigenvalue weighted by Gasteiger charge is -2.18. The zero-order valence-corrected chi connectivity index (χ0v) is 50.8. The molecule has 0 radical (unpaired) electrons. The highest BCUT2D eigenvalue weighted by atomic mass is 16.6. The Bertz CT molecular complexity index is 1360. The van der Waals surface area contributed by atoms with Gasteiger partial charge in [-0.05, 0) is 83.5 Å². The van der Waals surface area contributed by atoms with Crippen LogP contribution in [0.4, 0.5) is 0 Å². The molecule has 0 rings (SSSR count). The van der Waals surface area contributed by atoms with Crippen molar-refractivity contribution >= 4 is 17.9 Å². The van der Waals surface area contributed by atoms with Crippen LogP contribution in [-0.4, -0.2) is 37.2 Å². The average molecular weight is 1060 g/mol. The van der Waals surface area contributed by atoms with Crippen molar-refractivity contribution in [2.24, 2.45) is 0 Å². The van der Waals surface area contributed by atoms with E-state index < -0.39 is 6.10 Å². The molecule has 6 nitrogen and oxygen atoms in total. The minimum absolute atomic E-state index is 0.0803. The Labute approximate surface area is 472 Å². The van der Waals surface area contributed by atoms with E-state index in [2.05, 4.69) is 81.5 Å². The van der Waals surface area contributed by atoms with Crippen LogP contribution in [-0.2, 0) is 28.6 Å². The van der Waals surface area contributed by atoms with E-state index in [1.165, 1.54) is 212 Å². The number of unbranched alkanes of at least 4 members (excludes halogenated alkanes) is 40. The van der Waals surface area contributed by atoms with Gasteiger partial charge in [-0.3, -0.25) is 14.4 Å². The smallest absolute Gasteiger partial charge is 0.306 e. The topological polar surface area (TPSA) is 78.9 Å². The second-order valence-electron chi connectivity index (χ2n) is 22.4. The normalized spacial score (nSPS) is 12.4. The fourth-order valence-corrected chi connectivity index (χ4v) is 9.79. The van der Waals surface area contributed by atoms with Gasteiger partial charge in [0.15, 0.2) is 6.10 Å². The largest absolute Gasteiger partial charge is 0.462 e. The average Bonchev–Trinajstić information content (AvgIpc) is 3.42. The van der Waals surface area contributed by atoms with Crippen LogP contribution < -0.4 is 0 Å². The van der Waals surface area contributed by atoms with E-state index in [1.807, 2.05) is 0 Å². The molecule has 0 aliphatic carbocycles. The fraction of sp³-hybridized carbons (Fsp3) is 0.814. The Kier molecular flexibility index (Phi) is 62.2. The number of carbonyl (C=O) groups is 3. The Morgan fingerprint density at radius 3 is 0.816 bits per heavy atom. The van der Waals surface area contributed by atoms with E-state index in [0.717, 1.165) is 96.3 Å². The molecule has 0 saturated heterocycles. The highest BCUT2D eigenvalue weighted by Gasteiger charge is 2.19. The van der Waals surface area contributed by atoms with Crippen molar-refractivity contribution in [3.05, 3.63) is 60.8 Å². The van der Waals surface area contributed by atoms with Crippen LogP contribution in [0.2, 0.25) is 0 Å². The molecule has 76 heavy (non-hydrogen) atoms. The van der Waals surface area contributed by atoms with Crippen molar-refractivity contribution in [2.45, 2.75) is 354 Å². The standard InChI is InChI=1S/C70H126O6/c1-4-7-10-13-16-19-22-25-27-29-30-31-32-33-34-35-36-37-38-39-40-42-43-45-48-51-54-57-60-63-69(72)75-66-67(65-74-68(71)62-59-56-53-50-47-24-21-18-15-12-9-6-3)76-70(73)64-61-58-55-52-49-46-44-41-28-26-23-20-17-14-11-8-5-2/h8,11,17,20,26,28-30,44,46,67H,4-7,9-10,12-16,18-19,21-25,27,31-43,45,47-66H2,1-3H3/b11-8-,20-17-,28-26-,30-29-,46-44-. The van der Waals surface area contributed by atoms with Crippen molar-refractivity contribution < 1.29 is 28.6 Å². The van der Waals surface area contributed by atoms with E-state index in [0.29, 0.717) is 19.3 Å².